The van der Waals surface area contributed by atoms with Crippen molar-refractivity contribution in [2.24, 2.45) is 5.92 Å². The van der Waals surface area contributed by atoms with Crippen LogP contribution >= 0.6 is 0 Å². The molecule has 2 aromatic carbocycles. The first-order valence-electron chi connectivity index (χ1n) is 13.7. The summed E-state index contributed by atoms with van der Waals surface area (Å²) in [5.74, 6) is 8.85. The van der Waals surface area contributed by atoms with Crippen LogP contribution in [0.1, 0.15) is 69.0 Å². The molecule has 2 unspecified atom stereocenters. The van der Waals surface area contributed by atoms with E-state index in [9.17, 15) is 4.79 Å². The van der Waals surface area contributed by atoms with E-state index in [0.29, 0.717) is 5.69 Å². The van der Waals surface area contributed by atoms with Gasteiger partial charge in [0.25, 0.3) is 0 Å². The van der Waals surface area contributed by atoms with E-state index < -0.39 is 0 Å². The van der Waals surface area contributed by atoms with Gasteiger partial charge in [-0.1, -0.05) is 37.8 Å². The largest absolute Gasteiger partial charge is 0.494 e. The Balaban J connectivity index is 1.05. The zero-order valence-corrected chi connectivity index (χ0v) is 22.6. The molecule has 5 rings (SSSR count). The highest BCUT2D eigenvalue weighted by molar-refractivity contribution is 5.92. The smallest absolute Gasteiger partial charge is 0.230 e. The van der Waals surface area contributed by atoms with Gasteiger partial charge in [0.2, 0.25) is 5.91 Å². The van der Waals surface area contributed by atoms with Crippen LogP contribution in [0.2, 0.25) is 0 Å². The summed E-state index contributed by atoms with van der Waals surface area (Å²) in [6.45, 7) is 9.32. The molecule has 1 amide bonds. The number of nitrogens with one attached hydrogen (secondary N) is 1. The van der Waals surface area contributed by atoms with Crippen LogP contribution in [0.3, 0.4) is 0 Å². The van der Waals surface area contributed by atoms with E-state index in [1.165, 1.54) is 25.8 Å². The number of likely N-dealkylation sites (tertiary alicyclic amines) is 1. The quantitative estimate of drug-likeness (QED) is 0.306. The predicted octanol–water partition coefficient (Wildman–Crippen LogP) is 5.81. The first kappa shape index (κ1) is 26.1. The molecule has 1 aliphatic heterocycles. The van der Waals surface area contributed by atoms with E-state index in [2.05, 4.69) is 27.2 Å². The van der Waals surface area contributed by atoms with Gasteiger partial charge in [0.1, 0.15) is 11.5 Å². The maximum Gasteiger partial charge on any atom is 0.230 e. The maximum atomic E-state index is 12.4. The van der Waals surface area contributed by atoms with Crippen molar-refractivity contribution in [3.63, 3.8) is 0 Å². The highest BCUT2D eigenvalue weighted by atomic mass is 16.5. The van der Waals surface area contributed by atoms with Gasteiger partial charge in [-0.3, -0.25) is 9.69 Å². The summed E-state index contributed by atoms with van der Waals surface area (Å²) in [7, 11) is 0. The van der Waals surface area contributed by atoms with Gasteiger partial charge < -0.3 is 14.6 Å². The number of rotatable bonds is 8. The molecule has 1 saturated carbocycles. The fourth-order valence-electron chi connectivity index (χ4n) is 5.29. The topological polar surface area (TPSA) is 67.6 Å². The van der Waals surface area contributed by atoms with Crippen LogP contribution < -0.4 is 10.1 Å². The molecule has 2 heterocycles. The molecule has 2 fully saturated rings. The Bertz CT molecular complexity index is 1290. The summed E-state index contributed by atoms with van der Waals surface area (Å²) in [5.41, 5.74) is 3.02. The van der Waals surface area contributed by atoms with Crippen LogP contribution in [0.15, 0.2) is 59.1 Å². The number of hydrogen-bond donors (Lipinski definition) is 1. The van der Waals surface area contributed by atoms with E-state index in [1.807, 2.05) is 75.4 Å². The van der Waals surface area contributed by atoms with Crippen molar-refractivity contribution in [3.05, 3.63) is 77.2 Å². The Morgan fingerprint density at radius 3 is 2.39 bits per heavy atom. The van der Waals surface area contributed by atoms with E-state index >= 15 is 0 Å². The van der Waals surface area contributed by atoms with Gasteiger partial charge in [0, 0.05) is 47.4 Å². The van der Waals surface area contributed by atoms with Crippen molar-refractivity contribution in [2.75, 3.05) is 25.0 Å². The van der Waals surface area contributed by atoms with Crippen molar-refractivity contribution < 1.29 is 14.1 Å². The van der Waals surface area contributed by atoms with Crippen LogP contribution in [0.5, 0.6) is 5.75 Å². The lowest BCUT2D eigenvalue weighted by atomic mass is 9.93. The summed E-state index contributed by atoms with van der Waals surface area (Å²) in [6, 6.07) is 18.1. The zero-order valence-electron chi connectivity index (χ0n) is 22.6. The lowest BCUT2D eigenvalue weighted by Crippen LogP contribution is -2.33. The minimum atomic E-state index is -0.138. The number of carbonyl (C=O) groups excluding carboxylic acids is 1. The number of ether oxygens (including phenoxy) is 1. The van der Waals surface area contributed by atoms with Crippen LogP contribution in [0, 0.1) is 17.8 Å². The highest BCUT2D eigenvalue weighted by Crippen LogP contribution is 2.37. The molecule has 0 spiro atoms. The number of nitrogens with zero attached hydrogens (tertiary/aromatic N) is 2. The van der Waals surface area contributed by atoms with Gasteiger partial charge >= 0.3 is 0 Å². The van der Waals surface area contributed by atoms with Crippen molar-refractivity contribution >= 4 is 11.6 Å². The number of fused-ring (bicyclic) bond motifs is 2. The summed E-state index contributed by atoms with van der Waals surface area (Å²) >= 11 is 0. The minimum Gasteiger partial charge on any atom is -0.494 e. The zero-order chi connectivity index (χ0) is 26.5. The minimum absolute atomic E-state index is 0.136. The number of amides is 1. The molecule has 0 radical (unpaired) electrons. The predicted molar refractivity (Wildman–Crippen MR) is 149 cm³/mol. The van der Waals surface area contributed by atoms with Gasteiger partial charge in [-0.2, -0.15) is 0 Å². The Morgan fingerprint density at radius 1 is 1.08 bits per heavy atom. The number of benzene rings is 2. The van der Waals surface area contributed by atoms with Gasteiger partial charge in [0.15, 0.2) is 0 Å². The maximum absolute atomic E-state index is 12.4. The second-order valence-electron chi connectivity index (χ2n) is 11.5. The second kappa shape index (κ2) is 11.4. The first-order chi connectivity index (χ1) is 18.3. The average Bonchev–Trinajstić information content (AvgIpc) is 3.64. The van der Waals surface area contributed by atoms with E-state index in [4.69, 9.17) is 9.26 Å². The van der Waals surface area contributed by atoms with Gasteiger partial charge in [0.05, 0.1) is 18.7 Å². The summed E-state index contributed by atoms with van der Waals surface area (Å²) in [4.78, 5) is 15.1. The lowest BCUT2D eigenvalue weighted by molar-refractivity contribution is -0.115. The first-order valence-corrected chi connectivity index (χ1v) is 13.7. The van der Waals surface area contributed by atoms with Gasteiger partial charge in [-0.25, -0.2) is 0 Å². The number of anilines is 1. The Morgan fingerprint density at radius 2 is 1.79 bits per heavy atom. The third-order valence-corrected chi connectivity index (χ3v) is 7.40. The monoisotopic (exact) mass is 511 g/mol. The normalized spacial score (nSPS) is 18.7. The molecule has 3 aromatic rings. The lowest BCUT2D eigenvalue weighted by Gasteiger charge is -2.26. The molecule has 1 aliphatic carbocycles. The van der Waals surface area contributed by atoms with Crippen molar-refractivity contribution in [1.29, 1.82) is 0 Å². The molecular weight excluding hydrogens is 474 g/mol. The van der Waals surface area contributed by atoms with E-state index in [0.717, 1.165) is 59.9 Å². The molecule has 6 heteroatoms. The Kier molecular flexibility index (Phi) is 7.85. The number of piperidine rings is 1. The fourth-order valence-corrected chi connectivity index (χ4v) is 5.29. The molecule has 1 saturated heterocycles. The van der Waals surface area contributed by atoms with Gasteiger partial charge in [-0.15, -0.1) is 0 Å². The Labute approximate surface area is 225 Å². The number of carbonyl (C=O) groups is 1. The SMILES string of the molecule is CC(C)(C)c1cc(CC(=O)Nc2ccc(C#Cc3ccc(OCCCN4CC5CCC4C5)cc3)cc2)no1. The molecule has 1 aromatic heterocycles. The van der Waals surface area contributed by atoms with Crippen LogP contribution in [-0.2, 0) is 16.6 Å². The van der Waals surface area contributed by atoms with Gasteiger partial charge in [-0.05, 0) is 80.1 Å². The molecule has 6 nitrogen and oxygen atoms in total. The summed E-state index contributed by atoms with van der Waals surface area (Å²) in [5, 5.41) is 6.92. The molecule has 2 atom stereocenters. The molecule has 38 heavy (non-hydrogen) atoms. The molecular formula is C32H37N3O3. The van der Waals surface area contributed by atoms with E-state index in [-0.39, 0.29) is 17.7 Å². The standard InChI is InChI=1S/C32H37N3O3/c1-32(2,3)30-20-27(34-38-30)21-31(36)33-26-12-7-23(8-13-26)5-6-24-10-15-29(16-11-24)37-18-4-17-35-22-25-9-14-28(35)19-25/h7-8,10-13,15-16,20,25,28H,4,9,14,17-19,21-22H2,1-3H3,(H,33,36). The molecule has 198 valence electrons. The fraction of sp³-hybridized carbons (Fsp3) is 0.438. The number of aromatic nitrogens is 1. The Hall–Kier alpha value is -3.56. The van der Waals surface area contributed by atoms with Crippen molar-refractivity contribution in [3.8, 4) is 17.6 Å². The average molecular weight is 512 g/mol. The summed E-state index contributed by atoms with van der Waals surface area (Å²) in [6.07, 6.45) is 5.46. The molecule has 2 bridgehead atoms. The summed E-state index contributed by atoms with van der Waals surface area (Å²) < 4.78 is 11.3. The number of hydrogen-bond acceptors (Lipinski definition) is 5. The molecule has 1 N–H and O–H groups in total. The second-order valence-corrected chi connectivity index (χ2v) is 11.5. The van der Waals surface area contributed by atoms with Crippen LogP contribution in [0.4, 0.5) is 5.69 Å². The van der Waals surface area contributed by atoms with Crippen LogP contribution in [-0.4, -0.2) is 41.7 Å². The van der Waals surface area contributed by atoms with Crippen molar-refractivity contribution in [2.45, 2.75) is 64.3 Å². The third kappa shape index (κ3) is 6.85. The van der Waals surface area contributed by atoms with E-state index in [1.54, 1.807) is 0 Å². The van der Waals surface area contributed by atoms with Crippen molar-refractivity contribution in [1.82, 2.24) is 10.1 Å². The third-order valence-electron chi connectivity index (χ3n) is 7.40. The molecule has 2 aliphatic rings. The van der Waals surface area contributed by atoms with Crippen LogP contribution in [0.25, 0.3) is 0 Å². The highest BCUT2D eigenvalue weighted by Gasteiger charge is 2.37.